The van der Waals surface area contributed by atoms with E-state index < -0.39 is 43.0 Å². The summed E-state index contributed by atoms with van der Waals surface area (Å²) in [6, 6.07) is 1.19. The zero-order valence-corrected chi connectivity index (χ0v) is 14.4. The van der Waals surface area contributed by atoms with E-state index in [0.717, 1.165) is 4.57 Å². The van der Waals surface area contributed by atoms with Crippen molar-refractivity contribution in [3.8, 4) is 0 Å². The third-order valence-electron chi connectivity index (χ3n) is 3.87. The van der Waals surface area contributed by atoms with Gasteiger partial charge in [0.15, 0.2) is 6.23 Å². The number of rotatable bonds is 3. The van der Waals surface area contributed by atoms with Gasteiger partial charge < -0.3 is 10.5 Å². The Balaban J connectivity index is 1.91. The molecule has 0 saturated carbocycles. The second kappa shape index (κ2) is 5.91. The summed E-state index contributed by atoms with van der Waals surface area (Å²) in [5.74, 6) is 0. The number of ether oxygens (including phenoxy) is 1. The molecular weight excluding hydrogens is 341 g/mol. The Morgan fingerprint density at radius 3 is 2.83 bits per heavy atom. The molecule has 10 nitrogen and oxygen atoms in total. The predicted octanol–water partition coefficient (Wildman–Crippen LogP) is 0.0999. The Bertz CT molecular complexity index is 786. The van der Waals surface area contributed by atoms with Crippen molar-refractivity contribution in [2.24, 2.45) is 5.73 Å². The molecule has 0 amide bonds. The largest absolute Gasteiger partial charge is 0.475 e. The van der Waals surface area contributed by atoms with E-state index in [1.54, 1.807) is 20.8 Å². The van der Waals surface area contributed by atoms with Gasteiger partial charge in [-0.2, -0.15) is 0 Å². The summed E-state index contributed by atoms with van der Waals surface area (Å²) in [6.07, 6.45) is -1.43. The molecule has 24 heavy (non-hydrogen) atoms. The lowest BCUT2D eigenvalue weighted by Gasteiger charge is -2.36. The summed E-state index contributed by atoms with van der Waals surface area (Å²) in [7, 11) is -3.76. The third-order valence-corrected chi connectivity index (χ3v) is 5.50. The van der Waals surface area contributed by atoms with Crippen LogP contribution in [0.1, 0.15) is 27.0 Å². The molecule has 2 aliphatic heterocycles. The summed E-state index contributed by atoms with van der Waals surface area (Å²) in [6.45, 7) is 4.98. The van der Waals surface area contributed by atoms with E-state index in [2.05, 4.69) is 4.98 Å². The van der Waals surface area contributed by atoms with Crippen molar-refractivity contribution in [2.45, 2.75) is 50.8 Å². The lowest BCUT2D eigenvalue weighted by Crippen LogP contribution is -2.55. The van der Waals surface area contributed by atoms with Gasteiger partial charge in [-0.25, -0.2) is 9.36 Å². The number of hydrogen-bond acceptors (Lipinski definition) is 8. The Morgan fingerprint density at radius 2 is 2.21 bits per heavy atom. The minimum atomic E-state index is -3.76. The predicted molar refractivity (Wildman–Crippen MR) is 82.5 cm³/mol. The molecule has 2 fully saturated rings. The fourth-order valence-electron chi connectivity index (χ4n) is 2.86. The molecule has 2 aliphatic rings. The standard InChI is InChI=1S/C13H20N3O7P/c1-7(2)22-24(19)20-6-8-10(23-24)13(3,14)11(21-8)16-5-4-9(17)15-12(16)18/h4-5,7-8,10-11H,6,14H2,1-3H3,(H,15,17,18)/t8-,10-,11-,13-,24?/m1/s1. The van der Waals surface area contributed by atoms with Crippen LogP contribution in [-0.2, 0) is 22.9 Å². The van der Waals surface area contributed by atoms with Crippen LogP contribution in [0.25, 0.3) is 0 Å². The van der Waals surface area contributed by atoms with Crippen molar-refractivity contribution in [3.05, 3.63) is 33.1 Å². The van der Waals surface area contributed by atoms with Gasteiger partial charge in [-0.1, -0.05) is 0 Å². The van der Waals surface area contributed by atoms with E-state index in [1.165, 1.54) is 12.3 Å². The van der Waals surface area contributed by atoms with Gasteiger partial charge in [-0.05, 0) is 20.8 Å². The molecule has 1 aromatic rings. The Hall–Kier alpha value is -1.29. The fraction of sp³-hybridized carbons (Fsp3) is 0.692. The van der Waals surface area contributed by atoms with Crippen molar-refractivity contribution in [2.75, 3.05) is 6.61 Å². The zero-order valence-electron chi connectivity index (χ0n) is 13.5. The van der Waals surface area contributed by atoms with Crippen LogP contribution in [0.15, 0.2) is 21.9 Å². The van der Waals surface area contributed by atoms with Gasteiger partial charge in [-0.15, -0.1) is 0 Å². The first kappa shape index (κ1) is 17.5. The second-order valence-electron chi connectivity index (χ2n) is 6.33. The van der Waals surface area contributed by atoms with E-state index >= 15 is 0 Å². The van der Waals surface area contributed by atoms with Gasteiger partial charge in [-0.3, -0.25) is 27.9 Å². The highest BCUT2D eigenvalue weighted by atomic mass is 31.2. The first-order chi connectivity index (χ1) is 11.1. The lowest BCUT2D eigenvalue weighted by molar-refractivity contribution is -0.0749. The molecule has 11 heteroatoms. The zero-order chi connectivity index (χ0) is 17.7. The molecule has 134 valence electrons. The molecule has 3 N–H and O–H groups in total. The van der Waals surface area contributed by atoms with Crippen LogP contribution in [0, 0.1) is 0 Å². The monoisotopic (exact) mass is 361 g/mol. The lowest BCUT2D eigenvalue weighted by atomic mass is 9.93. The number of nitrogens with zero attached hydrogens (tertiary/aromatic N) is 1. The van der Waals surface area contributed by atoms with Gasteiger partial charge in [0.05, 0.1) is 18.2 Å². The summed E-state index contributed by atoms with van der Waals surface area (Å²) < 4.78 is 35.4. The normalized spacial score (nSPS) is 39.1. The van der Waals surface area contributed by atoms with Gasteiger partial charge in [0, 0.05) is 12.3 Å². The van der Waals surface area contributed by atoms with E-state index in [-0.39, 0.29) is 12.7 Å². The van der Waals surface area contributed by atoms with Gasteiger partial charge >= 0.3 is 13.5 Å². The molecule has 1 unspecified atom stereocenters. The molecule has 1 aromatic heterocycles. The van der Waals surface area contributed by atoms with Crippen LogP contribution in [0.2, 0.25) is 0 Å². The Morgan fingerprint density at radius 1 is 1.50 bits per heavy atom. The molecule has 0 aliphatic carbocycles. The highest BCUT2D eigenvalue weighted by molar-refractivity contribution is 7.48. The summed E-state index contributed by atoms with van der Waals surface area (Å²) in [5.41, 5.74) is 3.94. The minimum Gasteiger partial charge on any atom is -0.347 e. The van der Waals surface area contributed by atoms with E-state index in [1.807, 2.05) is 0 Å². The van der Waals surface area contributed by atoms with Gasteiger partial charge in [0.1, 0.15) is 12.2 Å². The van der Waals surface area contributed by atoms with Crippen LogP contribution in [0.3, 0.4) is 0 Å². The second-order valence-corrected chi connectivity index (χ2v) is 7.91. The number of aromatic amines is 1. The summed E-state index contributed by atoms with van der Waals surface area (Å²) >= 11 is 0. The summed E-state index contributed by atoms with van der Waals surface area (Å²) in [4.78, 5) is 25.4. The van der Waals surface area contributed by atoms with Crippen LogP contribution in [0.5, 0.6) is 0 Å². The number of aromatic nitrogens is 2. The maximum absolute atomic E-state index is 12.5. The fourth-order valence-corrected chi connectivity index (χ4v) is 4.52. The molecule has 0 radical (unpaired) electrons. The van der Waals surface area contributed by atoms with Crippen LogP contribution >= 0.6 is 7.82 Å². The van der Waals surface area contributed by atoms with Crippen LogP contribution in [0.4, 0.5) is 0 Å². The highest BCUT2D eigenvalue weighted by Gasteiger charge is 2.59. The third kappa shape index (κ3) is 3.01. The Labute approximate surface area is 137 Å². The molecule has 3 heterocycles. The van der Waals surface area contributed by atoms with Crippen molar-refractivity contribution in [3.63, 3.8) is 0 Å². The number of nitrogens with one attached hydrogen (secondary N) is 1. The number of H-pyrrole nitrogens is 1. The molecule has 2 saturated heterocycles. The maximum atomic E-state index is 12.5. The molecule has 3 rings (SSSR count). The van der Waals surface area contributed by atoms with Gasteiger partial charge in [0.2, 0.25) is 0 Å². The SMILES string of the molecule is CC(C)OP1(=O)OC[C@H]2O[C@@H](n3ccc(=O)[nH]c3=O)[C@](C)(N)[C@@H]2O1. The molecule has 0 aromatic carbocycles. The molecule has 0 spiro atoms. The number of phosphoric acid groups is 1. The smallest absolute Gasteiger partial charge is 0.347 e. The first-order valence-corrected chi connectivity index (χ1v) is 8.95. The number of phosphoric ester groups is 1. The Kier molecular flexibility index (Phi) is 4.31. The first-order valence-electron chi connectivity index (χ1n) is 7.49. The van der Waals surface area contributed by atoms with Crippen molar-refractivity contribution >= 4 is 7.82 Å². The van der Waals surface area contributed by atoms with E-state index in [9.17, 15) is 14.2 Å². The highest BCUT2D eigenvalue weighted by Crippen LogP contribution is 2.58. The topological polar surface area (TPSA) is 135 Å². The average molecular weight is 361 g/mol. The van der Waals surface area contributed by atoms with E-state index in [4.69, 9.17) is 24.0 Å². The molecule has 5 atom stereocenters. The van der Waals surface area contributed by atoms with Crippen LogP contribution < -0.4 is 17.0 Å². The maximum Gasteiger partial charge on any atom is 0.475 e. The van der Waals surface area contributed by atoms with Crippen molar-refractivity contribution in [1.82, 2.24) is 9.55 Å². The average Bonchev–Trinajstić information content (AvgIpc) is 2.69. The quantitative estimate of drug-likeness (QED) is 0.724. The molecule has 0 bridgehead atoms. The van der Waals surface area contributed by atoms with Crippen molar-refractivity contribution < 1.29 is 22.9 Å². The van der Waals surface area contributed by atoms with Crippen molar-refractivity contribution in [1.29, 1.82) is 0 Å². The van der Waals surface area contributed by atoms with Gasteiger partial charge in [0.25, 0.3) is 5.56 Å². The number of nitrogens with two attached hydrogens (primary N) is 1. The number of hydrogen-bond donors (Lipinski definition) is 2. The number of fused-ring (bicyclic) bond motifs is 1. The summed E-state index contributed by atoms with van der Waals surface area (Å²) in [5, 5.41) is 0. The minimum absolute atomic E-state index is 0.0456. The van der Waals surface area contributed by atoms with Crippen LogP contribution in [-0.4, -0.2) is 40.0 Å². The molecular formula is C13H20N3O7P. The van der Waals surface area contributed by atoms with E-state index in [0.29, 0.717) is 0 Å².